The monoisotopic (exact) mass is 329 g/mol. The molecule has 0 saturated carbocycles. The Morgan fingerprint density at radius 2 is 2.05 bits per heavy atom. The Labute approximate surface area is 122 Å². The molecule has 1 aromatic carbocycles. The molecule has 0 aliphatic carbocycles. The number of carbonyl (C=O) groups is 1. The summed E-state index contributed by atoms with van der Waals surface area (Å²) in [6.45, 7) is 1.94. The summed E-state index contributed by atoms with van der Waals surface area (Å²) in [6, 6.07) is 3.61. The minimum atomic E-state index is 0.0563. The fourth-order valence-corrected chi connectivity index (χ4v) is 2.50. The summed E-state index contributed by atoms with van der Waals surface area (Å²) in [5.41, 5.74) is 6.24. The summed E-state index contributed by atoms with van der Waals surface area (Å²) in [5, 5.41) is 0. The van der Waals surface area contributed by atoms with E-state index < -0.39 is 0 Å². The van der Waals surface area contributed by atoms with E-state index in [9.17, 15) is 4.79 Å². The summed E-state index contributed by atoms with van der Waals surface area (Å²) in [7, 11) is 3.11. The first-order valence-electron chi connectivity index (χ1n) is 6.20. The van der Waals surface area contributed by atoms with Gasteiger partial charge >= 0.3 is 0 Å². The van der Waals surface area contributed by atoms with Gasteiger partial charge in [-0.25, -0.2) is 0 Å². The Morgan fingerprint density at radius 1 is 1.37 bits per heavy atom. The molecule has 0 radical (unpaired) electrons. The third-order valence-electron chi connectivity index (χ3n) is 2.85. The molecule has 106 valence electrons. The summed E-state index contributed by atoms with van der Waals surface area (Å²) in [4.78, 5) is 12.2. The van der Waals surface area contributed by atoms with E-state index in [0.717, 1.165) is 12.8 Å². The van der Waals surface area contributed by atoms with Crippen LogP contribution in [-0.4, -0.2) is 26.0 Å². The van der Waals surface area contributed by atoms with Crippen LogP contribution in [0.3, 0.4) is 0 Å². The SMILES string of the molecule is COc1ccc(C(=O)CCCC(C)N)c(OC)c1Br. The molecule has 0 amide bonds. The highest BCUT2D eigenvalue weighted by Gasteiger charge is 2.17. The van der Waals surface area contributed by atoms with E-state index >= 15 is 0 Å². The van der Waals surface area contributed by atoms with Crippen LogP contribution in [0, 0.1) is 0 Å². The van der Waals surface area contributed by atoms with Crippen LogP contribution in [-0.2, 0) is 0 Å². The first-order chi connectivity index (χ1) is 9.01. The Bertz CT molecular complexity index is 447. The molecule has 0 bridgehead atoms. The van der Waals surface area contributed by atoms with Gasteiger partial charge in [0.25, 0.3) is 0 Å². The van der Waals surface area contributed by atoms with Gasteiger partial charge in [-0.1, -0.05) is 0 Å². The molecule has 1 rings (SSSR count). The van der Waals surface area contributed by atoms with Crippen molar-refractivity contribution in [2.75, 3.05) is 14.2 Å². The van der Waals surface area contributed by atoms with Crippen molar-refractivity contribution in [3.8, 4) is 11.5 Å². The molecular formula is C14H20BrNO3. The maximum Gasteiger partial charge on any atom is 0.166 e. The van der Waals surface area contributed by atoms with Crippen molar-refractivity contribution < 1.29 is 14.3 Å². The number of halogens is 1. The van der Waals surface area contributed by atoms with Crippen molar-refractivity contribution >= 4 is 21.7 Å². The van der Waals surface area contributed by atoms with Crippen LogP contribution in [0.2, 0.25) is 0 Å². The van der Waals surface area contributed by atoms with Crippen molar-refractivity contribution in [2.24, 2.45) is 5.73 Å². The molecule has 0 fully saturated rings. The average molecular weight is 330 g/mol. The van der Waals surface area contributed by atoms with Gasteiger partial charge in [0.15, 0.2) is 5.78 Å². The minimum absolute atomic E-state index is 0.0563. The van der Waals surface area contributed by atoms with E-state index in [-0.39, 0.29) is 11.8 Å². The first kappa shape index (κ1) is 16.0. The van der Waals surface area contributed by atoms with E-state index in [0.29, 0.717) is 28.0 Å². The second-order valence-corrected chi connectivity index (χ2v) is 5.25. The number of benzene rings is 1. The number of hydrogen-bond acceptors (Lipinski definition) is 4. The van der Waals surface area contributed by atoms with E-state index in [4.69, 9.17) is 15.2 Å². The van der Waals surface area contributed by atoms with Gasteiger partial charge in [-0.3, -0.25) is 4.79 Å². The average Bonchev–Trinajstić information content (AvgIpc) is 2.37. The predicted molar refractivity (Wildman–Crippen MR) is 79.1 cm³/mol. The Balaban J connectivity index is 2.88. The molecule has 0 saturated heterocycles. The maximum absolute atomic E-state index is 12.2. The molecule has 0 aliphatic heterocycles. The Kier molecular flexibility index (Phi) is 6.31. The number of nitrogens with two attached hydrogens (primary N) is 1. The number of rotatable bonds is 7. The molecule has 5 heteroatoms. The van der Waals surface area contributed by atoms with Crippen LogP contribution in [0.25, 0.3) is 0 Å². The summed E-state index contributed by atoms with van der Waals surface area (Å²) >= 11 is 3.39. The number of ether oxygens (including phenoxy) is 2. The molecule has 1 atom stereocenters. The minimum Gasteiger partial charge on any atom is -0.495 e. The van der Waals surface area contributed by atoms with Crippen LogP contribution in [0.1, 0.15) is 36.5 Å². The van der Waals surface area contributed by atoms with Crippen molar-refractivity contribution in [1.82, 2.24) is 0 Å². The van der Waals surface area contributed by atoms with Gasteiger partial charge < -0.3 is 15.2 Å². The normalized spacial score (nSPS) is 12.1. The molecule has 4 nitrogen and oxygen atoms in total. The molecular weight excluding hydrogens is 310 g/mol. The zero-order valence-corrected chi connectivity index (χ0v) is 13.1. The van der Waals surface area contributed by atoms with Gasteiger partial charge in [0.2, 0.25) is 0 Å². The summed E-state index contributed by atoms with van der Waals surface area (Å²) in [6.07, 6.45) is 2.09. The predicted octanol–water partition coefficient (Wildman–Crippen LogP) is 3.17. The van der Waals surface area contributed by atoms with E-state index in [2.05, 4.69) is 15.9 Å². The number of hydrogen-bond donors (Lipinski definition) is 1. The molecule has 0 heterocycles. The van der Waals surface area contributed by atoms with Crippen LogP contribution in [0.5, 0.6) is 11.5 Å². The standard InChI is InChI=1S/C14H20BrNO3/c1-9(16)5-4-6-11(17)10-7-8-12(18-2)13(15)14(10)19-3/h7-9H,4-6,16H2,1-3H3. The third-order valence-corrected chi connectivity index (χ3v) is 3.60. The second kappa shape index (κ2) is 7.50. The summed E-state index contributed by atoms with van der Waals surface area (Å²) < 4.78 is 11.1. The van der Waals surface area contributed by atoms with Crippen molar-refractivity contribution in [1.29, 1.82) is 0 Å². The van der Waals surface area contributed by atoms with Gasteiger partial charge in [0.1, 0.15) is 16.0 Å². The van der Waals surface area contributed by atoms with Crippen LogP contribution < -0.4 is 15.2 Å². The number of Topliss-reactive ketones (excluding diaryl/α,β-unsaturated/α-hetero) is 1. The topological polar surface area (TPSA) is 61.5 Å². The number of carbonyl (C=O) groups excluding carboxylic acids is 1. The van der Waals surface area contributed by atoms with Crippen molar-refractivity contribution in [2.45, 2.75) is 32.2 Å². The zero-order valence-electron chi connectivity index (χ0n) is 11.5. The zero-order chi connectivity index (χ0) is 14.4. The highest BCUT2D eigenvalue weighted by Crippen LogP contribution is 2.37. The van der Waals surface area contributed by atoms with Crippen molar-refractivity contribution in [3.63, 3.8) is 0 Å². The van der Waals surface area contributed by atoms with Gasteiger partial charge in [0.05, 0.1) is 19.8 Å². The highest BCUT2D eigenvalue weighted by molar-refractivity contribution is 9.10. The Morgan fingerprint density at radius 3 is 2.58 bits per heavy atom. The molecule has 0 spiro atoms. The molecule has 0 aromatic heterocycles. The largest absolute Gasteiger partial charge is 0.495 e. The maximum atomic E-state index is 12.2. The lowest BCUT2D eigenvalue weighted by Gasteiger charge is -2.13. The lowest BCUT2D eigenvalue weighted by molar-refractivity contribution is 0.0976. The lowest BCUT2D eigenvalue weighted by atomic mass is 10.0. The third kappa shape index (κ3) is 4.21. The van der Waals surface area contributed by atoms with Gasteiger partial charge in [0, 0.05) is 12.5 Å². The van der Waals surface area contributed by atoms with Gasteiger partial charge in [-0.05, 0) is 47.8 Å². The lowest BCUT2D eigenvalue weighted by Crippen LogP contribution is -2.15. The molecule has 0 aliphatic rings. The Hall–Kier alpha value is -1.07. The van der Waals surface area contributed by atoms with E-state index in [1.807, 2.05) is 6.92 Å². The van der Waals surface area contributed by atoms with E-state index in [1.54, 1.807) is 19.2 Å². The van der Waals surface area contributed by atoms with Crippen molar-refractivity contribution in [3.05, 3.63) is 22.2 Å². The van der Waals surface area contributed by atoms with Gasteiger partial charge in [-0.15, -0.1) is 0 Å². The van der Waals surface area contributed by atoms with Crippen LogP contribution >= 0.6 is 15.9 Å². The molecule has 19 heavy (non-hydrogen) atoms. The first-order valence-corrected chi connectivity index (χ1v) is 6.99. The smallest absolute Gasteiger partial charge is 0.166 e. The number of methoxy groups -OCH3 is 2. The fourth-order valence-electron chi connectivity index (χ4n) is 1.83. The van der Waals surface area contributed by atoms with Crippen LogP contribution in [0.15, 0.2) is 16.6 Å². The highest BCUT2D eigenvalue weighted by atomic mass is 79.9. The fraction of sp³-hybridized carbons (Fsp3) is 0.500. The quantitative estimate of drug-likeness (QED) is 0.780. The summed E-state index contributed by atoms with van der Waals surface area (Å²) in [5.74, 6) is 1.22. The second-order valence-electron chi connectivity index (χ2n) is 4.46. The molecule has 1 unspecified atom stereocenters. The number of ketones is 1. The molecule has 2 N–H and O–H groups in total. The van der Waals surface area contributed by atoms with Crippen LogP contribution in [0.4, 0.5) is 0 Å². The van der Waals surface area contributed by atoms with E-state index in [1.165, 1.54) is 7.11 Å². The molecule has 1 aromatic rings. The van der Waals surface area contributed by atoms with Gasteiger partial charge in [-0.2, -0.15) is 0 Å².